The number of rotatable bonds is 6. The first-order valence-electron chi connectivity index (χ1n) is 5.48. The molecule has 1 atom stereocenters. The normalized spacial score (nSPS) is 16.1. The molecule has 0 aliphatic carbocycles. The van der Waals surface area contributed by atoms with Gasteiger partial charge in [-0.2, -0.15) is 22.0 Å². The molecule has 0 heterocycles. The monoisotopic (exact) mass is 266 g/mol. The lowest BCUT2D eigenvalue weighted by molar-refractivity contribution is -0.930. The lowest BCUT2D eigenvalue weighted by Gasteiger charge is -2.39. The topological polar surface area (TPSA) is 0 Å². The SMILES string of the molecule is CC[N+](CC)(CC)CC(F)(F)[C@@H](F)C(F)(F)F. The third-order valence-corrected chi connectivity index (χ3v) is 3.22. The molecule has 0 N–H and O–H groups in total. The van der Waals surface area contributed by atoms with E-state index in [1.54, 1.807) is 20.8 Å². The smallest absolute Gasteiger partial charge is 0.319 e. The second kappa shape index (κ2) is 5.46. The molecule has 0 unspecified atom stereocenters. The van der Waals surface area contributed by atoms with E-state index in [2.05, 4.69) is 0 Å². The van der Waals surface area contributed by atoms with Crippen LogP contribution in [0.3, 0.4) is 0 Å². The van der Waals surface area contributed by atoms with Gasteiger partial charge in [-0.15, -0.1) is 0 Å². The fourth-order valence-electron chi connectivity index (χ4n) is 1.77. The first-order chi connectivity index (χ1) is 7.54. The molecule has 0 rings (SSSR count). The molecule has 0 aliphatic rings. The standard InChI is InChI=1S/C10H18F6N/c1-4-17(5-2,6-3)7-9(12,13)8(11)10(14,15)16/h8H,4-7H2,1-3H3/q+1/t8-/m1/s1. The number of halogens is 6. The first kappa shape index (κ1) is 16.5. The zero-order valence-electron chi connectivity index (χ0n) is 10.1. The van der Waals surface area contributed by atoms with Gasteiger partial charge in [0, 0.05) is 0 Å². The number of quaternary nitrogens is 1. The van der Waals surface area contributed by atoms with Gasteiger partial charge in [0.25, 0.3) is 6.17 Å². The maximum absolute atomic E-state index is 13.3. The van der Waals surface area contributed by atoms with Gasteiger partial charge in [-0.3, -0.25) is 0 Å². The van der Waals surface area contributed by atoms with Crippen molar-refractivity contribution in [1.29, 1.82) is 0 Å². The van der Waals surface area contributed by atoms with E-state index in [-0.39, 0.29) is 24.1 Å². The number of alkyl halides is 6. The molecule has 0 spiro atoms. The van der Waals surface area contributed by atoms with Crippen LogP contribution >= 0.6 is 0 Å². The summed E-state index contributed by atoms with van der Waals surface area (Å²) in [6.45, 7) is 4.41. The lowest BCUT2D eigenvalue weighted by atomic mass is 10.1. The molecule has 7 heteroatoms. The van der Waals surface area contributed by atoms with E-state index in [9.17, 15) is 26.3 Å². The summed E-state index contributed by atoms with van der Waals surface area (Å²) in [5, 5.41) is 0. The Labute approximate surface area is 97.0 Å². The molecule has 0 fully saturated rings. The Morgan fingerprint density at radius 3 is 1.47 bits per heavy atom. The van der Waals surface area contributed by atoms with Crippen molar-refractivity contribution in [2.75, 3.05) is 26.2 Å². The van der Waals surface area contributed by atoms with Gasteiger partial charge in [0.15, 0.2) is 0 Å². The van der Waals surface area contributed by atoms with Crippen molar-refractivity contribution >= 4 is 0 Å². The zero-order valence-corrected chi connectivity index (χ0v) is 10.1. The maximum atomic E-state index is 13.3. The van der Waals surface area contributed by atoms with E-state index in [1.165, 1.54) is 0 Å². The van der Waals surface area contributed by atoms with E-state index in [0.29, 0.717) is 0 Å². The second-order valence-electron chi connectivity index (χ2n) is 4.11. The number of hydrogen-bond acceptors (Lipinski definition) is 0. The molecule has 0 saturated carbocycles. The van der Waals surface area contributed by atoms with Crippen LogP contribution in [0.25, 0.3) is 0 Å². The predicted molar refractivity (Wildman–Crippen MR) is 52.6 cm³/mol. The van der Waals surface area contributed by atoms with Gasteiger partial charge in [0.1, 0.15) is 6.54 Å². The van der Waals surface area contributed by atoms with Crippen LogP contribution in [0.1, 0.15) is 20.8 Å². The number of nitrogens with zero attached hydrogens (tertiary/aromatic N) is 1. The van der Waals surface area contributed by atoms with Crippen LogP contribution in [0.15, 0.2) is 0 Å². The summed E-state index contributed by atoms with van der Waals surface area (Å²) in [6.07, 6.45) is -9.62. The Bertz CT molecular complexity index is 225. The summed E-state index contributed by atoms with van der Waals surface area (Å²) in [6, 6.07) is 0. The highest BCUT2D eigenvalue weighted by Gasteiger charge is 2.59. The highest BCUT2D eigenvalue weighted by atomic mass is 19.4. The van der Waals surface area contributed by atoms with Gasteiger partial charge in [-0.05, 0) is 20.8 Å². The highest BCUT2D eigenvalue weighted by Crippen LogP contribution is 2.36. The molecule has 1 nitrogen and oxygen atoms in total. The minimum atomic E-state index is -5.52. The van der Waals surface area contributed by atoms with Crippen molar-refractivity contribution in [3.63, 3.8) is 0 Å². The summed E-state index contributed by atoms with van der Waals surface area (Å²) in [7, 11) is 0. The number of hydrogen-bond donors (Lipinski definition) is 0. The Kier molecular flexibility index (Phi) is 5.31. The highest BCUT2D eigenvalue weighted by molar-refractivity contribution is 4.83. The fourth-order valence-corrected chi connectivity index (χ4v) is 1.77. The lowest BCUT2D eigenvalue weighted by Crippen LogP contribution is -2.58. The predicted octanol–water partition coefficient (Wildman–Crippen LogP) is 3.40. The minimum Gasteiger partial charge on any atom is -0.319 e. The van der Waals surface area contributed by atoms with Crippen LogP contribution in [0.4, 0.5) is 26.3 Å². The molecule has 0 aromatic heterocycles. The molecule has 104 valence electrons. The van der Waals surface area contributed by atoms with Gasteiger partial charge in [-0.1, -0.05) is 0 Å². The molecule has 0 aliphatic heterocycles. The van der Waals surface area contributed by atoms with Crippen molar-refractivity contribution in [2.24, 2.45) is 0 Å². The fraction of sp³-hybridized carbons (Fsp3) is 1.00. The summed E-state index contributed by atoms with van der Waals surface area (Å²) < 4.78 is 74.9. The minimum absolute atomic E-state index is 0.233. The van der Waals surface area contributed by atoms with Crippen LogP contribution in [-0.4, -0.2) is 48.9 Å². The molecule has 0 aromatic carbocycles. The van der Waals surface area contributed by atoms with E-state index >= 15 is 0 Å². The van der Waals surface area contributed by atoms with E-state index in [1.807, 2.05) is 0 Å². The molecule has 0 aromatic rings. The molecular formula is C10H18F6N+. The Hall–Kier alpha value is -0.460. The second-order valence-corrected chi connectivity index (χ2v) is 4.11. The van der Waals surface area contributed by atoms with Crippen molar-refractivity contribution in [3.05, 3.63) is 0 Å². The van der Waals surface area contributed by atoms with Crippen LogP contribution in [0, 0.1) is 0 Å². The summed E-state index contributed by atoms with van der Waals surface area (Å²) in [5.74, 6) is -4.39. The average molecular weight is 266 g/mol. The maximum Gasteiger partial charge on any atom is 0.425 e. The van der Waals surface area contributed by atoms with Gasteiger partial charge in [0.2, 0.25) is 0 Å². The van der Waals surface area contributed by atoms with Gasteiger partial charge >= 0.3 is 12.1 Å². The van der Waals surface area contributed by atoms with Crippen LogP contribution in [-0.2, 0) is 0 Å². The third-order valence-electron chi connectivity index (χ3n) is 3.22. The van der Waals surface area contributed by atoms with Crippen molar-refractivity contribution < 1.29 is 30.8 Å². The van der Waals surface area contributed by atoms with Crippen LogP contribution in [0.2, 0.25) is 0 Å². The van der Waals surface area contributed by atoms with Crippen molar-refractivity contribution in [3.8, 4) is 0 Å². The molecule has 0 amide bonds. The van der Waals surface area contributed by atoms with Crippen molar-refractivity contribution in [2.45, 2.75) is 39.0 Å². The van der Waals surface area contributed by atoms with Gasteiger partial charge in [0.05, 0.1) is 19.6 Å². The Balaban J connectivity index is 4.96. The van der Waals surface area contributed by atoms with E-state index in [4.69, 9.17) is 0 Å². The van der Waals surface area contributed by atoms with E-state index < -0.39 is 24.8 Å². The largest absolute Gasteiger partial charge is 0.425 e. The van der Waals surface area contributed by atoms with Gasteiger partial charge < -0.3 is 4.48 Å². The zero-order chi connectivity index (χ0) is 13.9. The average Bonchev–Trinajstić information content (AvgIpc) is 2.24. The molecule has 0 bridgehead atoms. The summed E-state index contributed by atoms with van der Waals surface area (Å²) in [5.41, 5.74) is 0. The molecule has 0 radical (unpaired) electrons. The molecule has 0 saturated heterocycles. The Morgan fingerprint density at radius 2 is 1.24 bits per heavy atom. The van der Waals surface area contributed by atoms with Gasteiger partial charge in [-0.25, -0.2) is 4.39 Å². The first-order valence-corrected chi connectivity index (χ1v) is 5.48. The van der Waals surface area contributed by atoms with Crippen LogP contribution < -0.4 is 0 Å². The summed E-state index contributed by atoms with van der Waals surface area (Å²) >= 11 is 0. The molecule has 17 heavy (non-hydrogen) atoms. The van der Waals surface area contributed by atoms with E-state index in [0.717, 1.165) is 0 Å². The Morgan fingerprint density at radius 1 is 0.882 bits per heavy atom. The van der Waals surface area contributed by atoms with Crippen molar-refractivity contribution in [1.82, 2.24) is 0 Å². The summed E-state index contributed by atoms with van der Waals surface area (Å²) in [4.78, 5) is 0. The van der Waals surface area contributed by atoms with Crippen LogP contribution in [0.5, 0.6) is 0 Å². The molecular weight excluding hydrogens is 248 g/mol. The third kappa shape index (κ3) is 4.04. The quantitative estimate of drug-likeness (QED) is 0.510.